The molecule has 0 unspecified atom stereocenters. The molecule has 0 radical (unpaired) electrons. The molecular weight excluding hydrogens is 445 g/mol. The number of ether oxygens (including phenoxy) is 1. The highest BCUT2D eigenvalue weighted by Gasteiger charge is 2.53. The number of ketones is 1. The molecule has 172 valence electrons. The van der Waals surface area contributed by atoms with Gasteiger partial charge in [-0.25, -0.2) is 4.39 Å². The van der Waals surface area contributed by atoms with E-state index in [0.717, 1.165) is 56.6 Å². The van der Waals surface area contributed by atoms with E-state index in [2.05, 4.69) is 20.4 Å². The highest BCUT2D eigenvalue weighted by atomic mass is 35.5. The number of nitrogens with zero attached hydrogens (tertiary/aromatic N) is 4. The van der Waals surface area contributed by atoms with Crippen LogP contribution in [-0.4, -0.2) is 57.6 Å². The number of benzene rings is 1. The minimum Gasteiger partial charge on any atom is -0.490 e. The van der Waals surface area contributed by atoms with Gasteiger partial charge in [0, 0.05) is 61.4 Å². The van der Waals surface area contributed by atoms with Crippen molar-refractivity contribution in [3.8, 4) is 5.75 Å². The quantitative estimate of drug-likeness (QED) is 0.588. The van der Waals surface area contributed by atoms with Crippen LogP contribution < -0.4 is 10.1 Å². The lowest BCUT2D eigenvalue weighted by molar-refractivity contribution is -0.117. The van der Waals surface area contributed by atoms with Gasteiger partial charge in [-0.3, -0.25) is 9.20 Å². The number of fused-ring (bicyclic) bond motifs is 2. The van der Waals surface area contributed by atoms with Crippen LogP contribution in [0.1, 0.15) is 41.6 Å². The molecule has 1 saturated carbocycles. The summed E-state index contributed by atoms with van der Waals surface area (Å²) in [4.78, 5) is 14.7. The lowest BCUT2D eigenvalue weighted by Gasteiger charge is -2.58. The van der Waals surface area contributed by atoms with Gasteiger partial charge in [-0.15, -0.1) is 10.2 Å². The molecule has 7 nitrogen and oxygen atoms in total. The molecular formula is C24H25ClFN5O2. The second kappa shape index (κ2) is 7.95. The molecule has 33 heavy (non-hydrogen) atoms. The first-order valence-corrected chi connectivity index (χ1v) is 11.8. The van der Waals surface area contributed by atoms with Crippen LogP contribution in [-0.2, 0) is 6.42 Å². The molecule has 2 aromatic heterocycles. The van der Waals surface area contributed by atoms with Crippen LogP contribution in [0.3, 0.4) is 0 Å². The van der Waals surface area contributed by atoms with Crippen LogP contribution in [0.15, 0.2) is 30.7 Å². The number of hydrogen-bond donors (Lipinski definition) is 1. The summed E-state index contributed by atoms with van der Waals surface area (Å²) in [6.07, 6.45) is 7.39. The zero-order valence-corrected chi connectivity index (χ0v) is 18.9. The lowest BCUT2D eigenvalue weighted by Crippen LogP contribution is -2.65. The van der Waals surface area contributed by atoms with Crippen LogP contribution in [0.2, 0.25) is 5.02 Å². The van der Waals surface area contributed by atoms with Crippen molar-refractivity contribution in [1.82, 2.24) is 19.5 Å². The Bertz CT molecular complexity index is 1230. The van der Waals surface area contributed by atoms with Crippen LogP contribution in [0.5, 0.6) is 5.75 Å². The molecule has 0 atom stereocenters. The Balaban J connectivity index is 0.986. The first kappa shape index (κ1) is 20.9. The second-order valence-electron chi connectivity index (χ2n) is 9.59. The molecule has 1 aliphatic heterocycles. The molecule has 1 spiro atoms. The van der Waals surface area contributed by atoms with E-state index in [4.69, 9.17) is 16.3 Å². The number of aromatic nitrogens is 3. The van der Waals surface area contributed by atoms with Crippen molar-refractivity contribution < 1.29 is 13.9 Å². The number of carbonyl (C=O) groups excluding carboxylic acids is 1. The van der Waals surface area contributed by atoms with E-state index in [9.17, 15) is 9.18 Å². The molecule has 0 amide bonds. The van der Waals surface area contributed by atoms with E-state index >= 15 is 0 Å². The topological polar surface area (TPSA) is 71.8 Å². The predicted octanol–water partition coefficient (Wildman–Crippen LogP) is 4.00. The fourth-order valence-corrected chi connectivity index (χ4v) is 5.91. The number of anilines is 1. The van der Waals surface area contributed by atoms with Gasteiger partial charge in [-0.2, -0.15) is 0 Å². The Morgan fingerprint density at radius 3 is 2.97 bits per heavy atom. The summed E-state index contributed by atoms with van der Waals surface area (Å²) in [5.74, 6) is 0.642. The predicted molar refractivity (Wildman–Crippen MR) is 123 cm³/mol. The SMILES string of the molecule is O=C1CCCc2c(OC3CC4(C3)CN(CCNc3cc5nncn5cc3F)C4)ccc(Cl)c21. The molecule has 3 aromatic rings. The average Bonchev–Trinajstić information content (AvgIpc) is 3.19. The van der Waals surface area contributed by atoms with Gasteiger partial charge in [0.2, 0.25) is 0 Å². The second-order valence-corrected chi connectivity index (χ2v) is 10.0. The largest absolute Gasteiger partial charge is 0.490 e. The summed E-state index contributed by atoms with van der Waals surface area (Å²) in [6.45, 7) is 3.61. The first-order chi connectivity index (χ1) is 16.0. The van der Waals surface area contributed by atoms with Crippen LogP contribution in [0, 0.1) is 11.2 Å². The molecule has 0 bridgehead atoms. The number of pyridine rings is 1. The summed E-state index contributed by atoms with van der Waals surface area (Å²) in [5, 5.41) is 11.5. The van der Waals surface area contributed by atoms with Crippen molar-refractivity contribution in [2.24, 2.45) is 5.41 Å². The minimum atomic E-state index is -0.313. The zero-order valence-electron chi connectivity index (χ0n) is 18.2. The maximum Gasteiger partial charge on any atom is 0.164 e. The number of halogens is 2. The molecule has 6 rings (SSSR count). The van der Waals surface area contributed by atoms with E-state index in [1.807, 2.05) is 6.07 Å². The number of Topliss-reactive ketones (excluding diaryl/α,β-unsaturated/α-hetero) is 1. The lowest BCUT2D eigenvalue weighted by atomic mass is 9.61. The zero-order chi connectivity index (χ0) is 22.6. The molecule has 3 heterocycles. The minimum absolute atomic E-state index is 0.126. The summed E-state index contributed by atoms with van der Waals surface area (Å²) in [6, 6.07) is 5.38. The average molecular weight is 470 g/mol. The van der Waals surface area contributed by atoms with Crippen molar-refractivity contribution in [2.45, 2.75) is 38.2 Å². The highest BCUT2D eigenvalue weighted by molar-refractivity contribution is 6.34. The van der Waals surface area contributed by atoms with Crippen molar-refractivity contribution in [1.29, 1.82) is 0 Å². The molecule has 1 saturated heterocycles. The number of carbonyl (C=O) groups is 1. The summed E-state index contributed by atoms with van der Waals surface area (Å²) in [5.41, 5.74) is 3.05. The van der Waals surface area contributed by atoms with Crippen LogP contribution in [0.25, 0.3) is 5.65 Å². The van der Waals surface area contributed by atoms with Gasteiger partial charge in [-0.1, -0.05) is 11.6 Å². The van der Waals surface area contributed by atoms with Crippen LogP contribution >= 0.6 is 11.6 Å². The fourth-order valence-electron chi connectivity index (χ4n) is 5.63. The maximum absolute atomic E-state index is 14.2. The third-order valence-corrected chi connectivity index (χ3v) is 7.50. The number of hydrogen-bond acceptors (Lipinski definition) is 6. The Morgan fingerprint density at radius 1 is 1.27 bits per heavy atom. The Kier molecular flexibility index (Phi) is 5.03. The smallest absolute Gasteiger partial charge is 0.164 e. The van der Waals surface area contributed by atoms with E-state index < -0.39 is 0 Å². The van der Waals surface area contributed by atoms with Gasteiger partial charge in [0.05, 0.1) is 16.8 Å². The third kappa shape index (κ3) is 3.75. The number of likely N-dealkylation sites (tertiary alicyclic amines) is 1. The molecule has 2 aliphatic carbocycles. The Labute approximate surface area is 195 Å². The summed E-state index contributed by atoms with van der Waals surface area (Å²) >= 11 is 6.28. The monoisotopic (exact) mass is 469 g/mol. The Morgan fingerprint density at radius 2 is 2.12 bits per heavy atom. The molecule has 2 fully saturated rings. The van der Waals surface area contributed by atoms with Gasteiger partial charge in [-0.05, 0) is 37.8 Å². The normalized spacial score (nSPS) is 19.9. The van der Waals surface area contributed by atoms with Gasteiger partial charge in [0.25, 0.3) is 0 Å². The molecule has 1 aromatic carbocycles. The third-order valence-electron chi connectivity index (χ3n) is 7.19. The van der Waals surface area contributed by atoms with E-state index in [1.165, 1.54) is 12.5 Å². The van der Waals surface area contributed by atoms with Crippen molar-refractivity contribution in [3.05, 3.63) is 52.7 Å². The summed E-state index contributed by atoms with van der Waals surface area (Å²) < 4.78 is 22.0. The van der Waals surface area contributed by atoms with Gasteiger partial charge < -0.3 is 15.0 Å². The summed E-state index contributed by atoms with van der Waals surface area (Å²) in [7, 11) is 0. The maximum atomic E-state index is 14.2. The Hall–Kier alpha value is -2.71. The van der Waals surface area contributed by atoms with Crippen LogP contribution in [0.4, 0.5) is 10.1 Å². The standard InChI is InChI=1S/C24H25ClFN5O2/c25-17-4-5-21(16-2-1-3-20(32)23(16)17)33-15-9-24(10-15)12-30(13-24)7-6-27-19-8-22-29-28-14-31(22)11-18(19)26/h4-5,8,11,14-15,27H,1-3,6-7,9-10,12-13H2. The molecule has 9 heteroatoms. The van der Waals surface area contributed by atoms with E-state index in [1.54, 1.807) is 16.5 Å². The fraction of sp³-hybridized carbons (Fsp3) is 0.458. The highest BCUT2D eigenvalue weighted by Crippen LogP contribution is 2.50. The van der Waals surface area contributed by atoms with E-state index in [-0.39, 0.29) is 17.7 Å². The van der Waals surface area contributed by atoms with Crippen molar-refractivity contribution >= 4 is 28.7 Å². The van der Waals surface area contributed by atoms with Gasteiger partial charge in [0.15, 0.2) is 17.2 Å². The number of nitrogens with one attached hydrogen (secondary N) is 1. The van der Waals surface area contributed by atoms with Gasteiger partial charge in [0.1, 0.15) is 12.1 Å². The van der Waals surface area contributed by atoms with Gasteiger partial charge >= 0.3 is 0 Å². The number of rotatable bonds is 6. The van der Waals surface area contributed by atoms with Crippen molar-refractivity contribution in [3.63, 3.8) is 0 Å². The molecule has 3 aliphatic rings. The van der Waals surface area contributed by atoms with Crippen molar-refractivity contribution in [2.75, 3.05) is 31.5 Å². The first-order valence-electron chi connectivity index (χ1n) is 11.5. The van der Waals surface area contributed by atoms with E-state index in [0.29, 0.717) is 40.3 Å². The molecule has 1 N–H and O–H groups in total.